The van der Waals surface area contributed by atoms with Gasteiger partial charge in [-0.25, -0.2) is 4.79 Å². The zero-order valence-corrected chi connectivity index (χ0v) is 26.0. The molecule has 10 nitrogen and oxygen atoms in total. The summed E-state index contributed by atoms with van der Waals surface area (Å²) < 4.78 is 23.1. The first-order valence-electron chi connectivity index (χ1n) is 13.8. The summed E-state index contributed by atoms with van der Waals surface area (Å²) in [6.07, 6.45) is -2.53. The Morgan fingerprint density at radius 2 is 1.79 bits per heavy atom. The third-order valence-electron chi connectivity index (χ3n) is 6.14. The Labute approximate surface area is 252 Å². The number of benzene rings is 2. The minimum atomic E-state index is -1.24. The summed E-state index contributed by atoms with van der Waals surface area (Å²) in [4.78, 5) is 38.9. The monoisotopic (exact) mass is 604 g/mol. The molecule has 11 heteroatoms. The van der Waals surface area contributed by atoms with Crippen molar-refractivity contribution in [3.8, 4) is 11.5 Å². The Morgan fingerprint density at radius 1 is 1.07 bits per heavy atom. The molecule has 2 amide bonds. The molecule has 0 fully saturated rings. The smallest absolute Gasteiger partial charge is 0.407 e. The fourth-order valence-corrected chi connectivity index (χ4v) is 4.69. The van der Waals surface area contributed by atoms with Crippen molar-refractivity contribution in [2.24, 2.45) is 5.41 Å². The molecule has 0 aliphatic carbocycles. The average molecular weight is 605 g/mol. The second-order valence-electron chi connectivity index (χ2n) is 12.3. The zero-order chi connectivity index (χ0) is 31.2. The largest absolute Gasteiger partial charge is 0.496 e. The van der Waals surface area contributed by atoms with E-state index in [2.05, 4.69) is 5.32 Å². The number of carboxylic acids is 1. The van der Waals surface area contributed by atoms with Crippen LogP contribution in [0.15, 0.2) is 36.4 Å². The van der Waals surface area contributed by atoms with Crippen LogP contribution in [0.25, 0.3) is 0 Å². The van der Waals surface area contributed by atoms with Gasteiger partial charge in [0.25, 0.3) is 5.91 Å². The number of nitrogens with zero attached hydrogens (tertiary/aromatic N) is 1. The second kappa shape index (κ2) is 13.6. The standard InChI is InChI=1S/C31H41ClN2O8/c1-30(2,3)18-34-23-12-9-19(32)15-22(23)27(41-25(28(34)37)17-26(35)36)21-11-10-20(16-24(21)39-7)40-14-8-13-33-29(38)42-31(4,5)6/h9-12,15-16,25,27H,8,13-14,17-18H2,1-7H3,(H,33,38)(H,35,36). The van der Waals surface area contributed by atoms with E-state index >= 15 is 0 Å². The van der Waals surface area contributed by atoms with Crippen molar-refractivity contribution < 1.29 is 38.4 Å². The van der Waals surface area contributed by atoms with Crippen molar-refractivity contribution in [2.75, 3.05) is 31.7 Å². The van der Waals surface area contributed by atoms with Gasteiger partial charge < -0.3 is 34.3 Å². The van der Waals surface area contributed by atoms with Gasteiger partial charge in [-0.2, -0.15) is 0 Å². The lowest BCUT2D eigenvalue weighted by Gasteiger charge is -2.31. The molecule has 42 heavy (non-hydrogen) atoms. The molecule has 1 heterocycles. The molecule has 2 atom stereocenters. The highest BCUT2D eigenvalue weighted by atomic mass is 35.5. The van der Waals surface area contributed by atoms with Crippen LogP contribution in [0.4, 0.5) is 10.5 Å². The van der Waals surface area contributed by atoms with E-state index in [4.69, 9.17) is 30.5 Å². The Kier molecular flexibility index (Phi) is 10.7. The minimum Gasteiger partial charge on any atom is -0.496 e. The van der Waals surface area contributed by atoms with E-state index in [1.807, 2.05) is 20.8 Å². The van der Waals surface area contributed by atoms with Crippen LogP contribution in [0.2, 0.25) is 5.02 Å². The summed E-state index contributed by atoms with van der Waals surface area (Å²) in [6.45, 7) is 12.4. The van der Waals surface area contributed by atoms with E-state index in [0.29, 0.717) is 59.5 Å². The topological polar surface area (TPSA) is 124 Å². The van der Waals surface area contributed by atoms with Crippen molar-refractivity contribution in [1.29, 1.82) is 0 Å². The Hall–Kier alpha value is -3.50. The number of hydrogen-bond donors (Lipinski definition) is 2. The minimum absolute atomic E-state index is 0.278. The molecule has 230 valence electrons. The van der Waals surface area contributed by atoms with Crippen LogP contribution in [0.1, 0.15) is 71.6 Å². The molecule has 0 saturated heterocycles. The molecule has 0 aromatic heterocycles. The van der Waals surface area contributed by atoms with E-state index in [1.165, 1.54) is 7.11 Å². The summed E-state index contributed by atoms with van der Waals surface area (Å²) in [7, 11) is 1.51. The van der Waals surface area contributed by atoms with Crippen LogP contribution in [-0.2, 0) is 19.1 Å². The molecule has 2 N–H and O–H groups in total. The molecule has 0 radical (unpaired) electrons. The lowest BCUT2D eigenvalue weighted by atomic mass is 9.94. The van der Waals surface area contributed by atoms with Gasteiger partial charge in [0, 0.05) is 41.0 Å². The maximum atomic E-state index is 13.7. The summed E-state index contributed by atoms with van der Waals surface area (Å²) in [5.41, 5.74) is 0.947. The number of fused-ring (bicyclic) bond motifs is 1. The number of carbonyl (C=O) groups excluding carboxylic acids is 2. The predicted octanol–water partition coefficient (Wildman–Crippen LogP) is 5.98. The summed E-state index contributed by atoms with van der Waals surface area (Å²) in [6, 6.07) is 10.4. The number of halogens is 1. The number of alkyl carbamates (subject to hydrolysis) is 1. The van der Waals surface area contributed by atoms with Gasteiger partial charge in [-0.3, -0.25) is 9.59 Å². The maximum absolute atomic E-state index is 13.7. The number of amides is 2. The zero-order valence-electron chi connectivity index (χ0n) is 25.3. The van der Waals surface area contributed by atoms with Crippen LogP contribution in [-0.4, -0.2) is 61.6 Å². The van der Waals surface area contributed by atoms with Crippen molar-refractivity contribution in [3.05, 3.63) is 52.5 Å². The van der Waals surface area contributed by atoms with Gasteiger partial charge in [-0.15, -0.1) is 0 Å². The third-order valence-corrected chi connectivity index (χ3v) is 6.38. The van der Waals surface area contributed by atoms with Gasteiger partial charge in [0.1, 0.15) is 29.3 Å². The molecule has 0 spiro atoms. The summed E-state index contributed by atoms with van der Waals surface area (Å²) >= 11 is 6.41. The highest BCUT2D eigenvalue weighted by Crippen LogP contribution is 2.44. The van der Waals surface area contributed by atoms with Gasteiger partial charge in [0.15, 0.2) is 0 Å². The normalized spacial score (nSPS) is 17.2. The van der Waals surface area contributed by atoms with Gasteiger partial charge in [0.2, 0.25) is 0 Å². The van der Waals surface area contributed by atoms with E-state index < -0.39 is 42.2 Å². The number of aliphatic carboxylic acids is 1. The molecule has 1 aliphatic heterocycles. The molecule has 1 aliphatic rings. The average Bonchev–Trinajstić information content (AvgIpc) is 2.96. The van der Waals surface area contributed by atoms with Crippen LogP contribution < -0.4 is 19.7 Å². The number of hydrogen-bond acceptors (Lipinski definition) is 7. The molecular formula is C31H41ClN2O8. The van der Waals surface area contributed by atoms with E-state index in [0.717, 1.165) is 0 Å². The maximum Gasteiger partial charge on any atom is 0.407 e. The number of nitrogens with one attached hydrogen (secondary N) is 1. The Bertz CT molecular complexity index is 1280. The van der Waals surface area contributed by atoms with Gasteiger partial charge >= 0.3 is 12.1 Å². The Balaban J connectivity index is 1.88. The number of methoxy groups -OCH3 is 1. The van der Waals surface area contributed by atoms with Crippen molar-refractivity contribution in [1.82, 2.24) is 5.32 Å². The number of ether oxygens (including phenoxy) is 4. The van der Waals surface area contributed by atoms with Crippen LogP contribution >= 0.6 is 11.6 Å². The molecule has 2 unspecified atom stereocenters. The number of rotatable bonds is 10. The SMILES string of the molecule is COc1cc(OCCCNC(=O)OC(C)(C)C)ccc1C1OC(CC(=O)O)C(=O)N(CC(C)(C)C)c2ccc(Cl)cc21. The van der Waals surface area contributed by atoms with Gasteiger partial charge in [-0.1, -0.05) is 32.4 Å². The van der Waals surface area contributed by atoms with E-state index in [1.54, 1.807) is 62.1 Å². The Morgan fingerprint density at radius 3 is 2.40 bits per heavy atom. The molecule has 0 saturated carbocycles. The van der Waals surface area contributed by atoms with Crippen LogP contribution in [0.3, 0.4) is 0 Å². The molecular weight excluding hydrogens is 564 g/mol. The number of anilines is 1. The van der Waals surface area contributed by atoms with Gasteiger partial charge in [-0.05, 0) is 62.9 Å². The van der Waals surface area contributed by atoms with Crippen molar-refractivity contribution in [3.63, 3.8) is 0 Å². The quantitative estimate of drug-likeness (QED) is 0.317. The van der Waals surface area contributed by atoms with E-state index in [-0.39, 0.29) is 5.41 Å². The van der Waals surface area contributed by atoms with Gasteiger partial charge in [0.05, 0.1) is 20.1 Å². The summed E-state index contributed by atoms with van der Waals surface area (Å²) in [5, 5.41) is 12.7. The fraction of sp³-hybridized carbons (Fsp3) is 0.516. The molecule has 2 aromatic rings. The third kappa shape index (κ3) is 9.25. The number of carboxylic acid groups (broad SMARTS) is 1. The first-order valence-corrected chi connectivity index (χ1v) is 14.2. The molecule has 3 rings (SSSR count). The summed E-state index contributed by atoms with van der Waals surface area (Å²) in [5.74, 6) is -0.623. The fourth-order valence-electron chi connectivity index (χ4n) is 4.51. The van der Waals surface area contributed by atoms with Crippen LogP contribution in [0, 0.1) is 5.41 Å². The first kappa shape index (κ1) is 33.0. The van der Waals surface area contributed by atoms with Crippen molar-refractivity contribution >= 4 is 35.3 Å². The highest BCUT2D eigenvalue weighted by Gasteiger charge is 2.40. The predicted molar refractivity (Wildman–Crippen MR) is 160 cm³/mol. The molecule has 0 bridgehead atoms. The lowest BCUT2D eigenvalue weighted by molar-refractivity contribution is -0.147. The van der Waals surface area contributed by atoms with E-state index in [9.17, 15) is 19.5 Å². The molecule has 2 aromatic carbocycles. The van der Waals surface area contributed by atoms with Crippen LogP contribution in [0.5, 0.6) is 11.5 Å². The first-order chi connectivity index (χ1) is 19.6. The number of carbonyl (C=O) groups is 3. The highest BCUT2D eigenvalue weighted by molar-refractivity contribution is 6.30. The second-order valence-corrected chi connectivity index (χ2v) is 12.8. The van der Waals surface area contributed by atoms with Crippen molar-refractivity contribution in [2.45, 2.75) is 72.2 Å². The lowest BCUT2D eigenvalue weighted by Crippen LogP contribution is -2.44.